The number of rotatable bonds is 1. The van der Waals surface area contributed by atoms with E-state index in [0.29, 0.717) is 10.6 Å². The number of carbonyl (C=O) groups is 2. The van der Waals surface area contributed by atoms with Crippen LogP contribution in [0.25, 0.3) is 0 Å². The van der Waals surface area contributed by atoms with Gasteiger partial charge in [-0.15, -0.1) is 0 Å². The highest BCUT2D eigenvalue weighted by atomic mass is 35.5. The van der Waals surface area contributed by atoms with Crippen LogP contribution < -0.4 is 5.43 Å². The van der Waals surface area contributed by atoms with Gasteiger partial charge >= 0.3 is 5.91 Å². The van der Waals surface area contributed by atoms with Gasteiger partial charge in [-0.1, -0.05) is 31.4 Å². The second kappa shape index (κ2) is 7.33. The third-order valence-corrected chi connectivity index (χ3v) is 2.91. The molecule has 1 N–H and O–H groups in total. The van der Waals surface area contributed by atoms with Crippen molar-refractivity contribution in [2.24, 2.45) is 5.92 Å². The molecule has 1 rings (SSSR count). The molecule has 5 heteroatoms. The topological polar surface area (TPSA) is 49.4 Å². The highest BCUT2D eigenvalue weighted by molar-refractivity contribution is 6.30. The number of carbonyl (C=O) groups excluding carboxylic acids is 2. The molecule has 0 aliphatic heterocycles. The Bertz CT molecular complexity index is 604. The number of hydrazine groups is 1. The molecule has 0 aromatic heterocycles. The molecule has 22 heavy (non-hydrogen) atoms. The van der Waals surface area contributed by atoms with Gasteiger partial charge in [0, 0.05) is 16.5 Å². The molecule has 0 spiro atoms. The number of hydrogen-bond donors (Lipinski definition) is 1. The van der Waals surface area contributed by atoms with Crippen LogP contribution in [-0.4, -0.2) is 22.4 Å². The average molecular weight is 321 g/mol. The minimum absolute atomic E-state index is 0.0812. The molecule has 0 saturated carbocycles. The van der Waals surface area contributed by atoms with Crippen LogP contribution in [-0.2, 0) is 4.79 Å². The Morgan fingerprint density at radius 1 is 1.18 bits per heavy atom. The van der Waals surface area contributed by atoms with Crippen molar-refractivity contribution in [2.75, 3.05) is 0 Å². The molecule has 0 radical (unpaired) electrons. The lowest BCUT2D eigenvalue weighted by molar-refractivity contribution is -0.132. The van der Waals surface area contributed by atoms with Gasteiger partial charge in [0.25, 0.3) is 5.91 Å². The van der Waals surface area contributed by atoms with E-state index >= 15 is 0 Å². The van der Waals surface area contributed by atoms with Gasteiger partial charge in [-0.05, 0) is 51.0 Å². The minimum Gasteiger partial charge on any atom is -0.267 e. The molecule has 0 saturated heterocycles. The zero-order valence-corrected chi connectivity index (χ0v) is 14.3. The van der Waals surface area contributed by atoms with Crippen molar-refractivity contribution in [1.82, 2.24) is 10.4 Å². The Kier molecular flexibility index (Phi) is 6.01. The van der Waals surface area contributed by atoms with E-state index in [1.54, 1.807) is 24.3 Å². The lowest BCUT2D eigenvalue weighted by Crippen LogP contribution is -2.55. The highest BCUT2D eigenvalue weighted by Gasteiger charge is 2.27. The first kappa shape index (κ1) is 18.1. The number of nitrogens with zero attached hydrogens (tertiary/aromatic N) is 1. The van der Waals surface area contributed by atoms with Crippen LogP contribution in [0.15, 0.2) is 24.3 Å². The molecule has 0 aliphatic carbocycles. The predicted octanol–water partition coefficient (Wildman–Crippen LogP) is 3.27. The molecule has 0 fully saturated rings. The molecule has 1 aromatic rings. The summed E-state index contributed by atoms with van der Waals surface area (Å²) in [4.78, 5) is 24.5. The summed E-state index contributed by atoms with van der Waals surface area (Å²) >= 11 is 5.80. The summed E-state index contributed by atoms with van der Waals surface area (Å²) in [5.74, 6) is 4.62. The number of benzene rings is 1. The minimum atomic E-state index is -0.592. The van der Waals surface area contributed by atoms with Gasteiger partial charge in [0.15, 0.2) is 0 Å². The Balaban J connectivity index is 2.96. The number of halogens is 1. The first-order valence-corrected chi connectivity index (χ1v) is 7.41. The average Bonchev–Trinajstić information content (AvgIpc) is 2.41. The third kappa shape index (κ3) is 5.42. The Morgan fingerprint density at radius 2 is 1.73 bits per heavy atom. The summed E-state index contributed by atoms with van der Waals surface area (Å²) in [5, 5.41) is 1.79. The van der Waals surface area contributed by atoms with E-state index in [-0.39, 0.29) is 11.8 Å². The maximum absolute atomic E-state index is 12.3. The van der Waals surface area contributed by atoms with E-state index in [9.17, 15) is 9.59 Å². The van der Waals surface area contributed by atoms with E-state index in [1.165, 1.54) is 5.01 Å². The Hall–Kier alpha value is -1.99. The fourth-order valence-corrected chi connectivity index (χ4v) is 1.68. The van der Waals surface area contributed by atoms with E-state index in [4.69, 9.17) is 11.6 Å². The fraction of sp³-hybridized carbons (Fsp3) is 0.412. The molecular weight excluding hydrogens is 300 g/mol. The van der Waals surface area contributed by atoms with Crippen LogP contribution in [0.2, 0.25) is 5.02 Å². The second-order valence-electron chi connectivity index (χ2n) is 6.18. The van der Waals surface area contributed by atoms with Crippen molar-refractivity contribution < 1.29 is 9.59 Å². The first-order valence-electron chi connectivity index (χ1n) is 7.03. The van der Waals surface area contributed by atoms with Crippen LogP contribution >= 0.6 is 11.6 Å². The molecule has 118 valence electrons. The van der Waals surface area contributed by atoms with Crippen molar-refractivity contribution in [3.8, 4) is 11.8 Å². The van der Waals surface area contributed by atoms with Crippen LogP contribution in [0.1, 0.15) is 45.0 Å². The largest absolute Gasteiger partial charge is 0.317 e. The van der Waals surface area contributed by atoms with E-state index in [1.807, 2.05) is 34.6 Å². The number of amides is 2. The van der Waals surface area contributed by atoms with Crippen molar-refractivity contribution in [3.05, 3.63) is 34.9 Å². The normalized spacial score (nSPS) is 10.7. The van der Waals surface area contributed by atoms with Gasteiger partial charge in [0.1, 0.15) is 0 Å². The fourth-order valence-electron chi connectivity index (χ4n) is 1.55. The SMILES string of the molecule is CC(C)C#CC(=O)N(NC(=O)c1ccc(Cl)cc1)C(C)(C)C. The maximum Gasteiger partial charge on any atom is 0.317 e. The summed E-state index contributed by atoms with van der Waals surface area (Å²) in [5.41, 5.74) is 2.44. The summed E-state index contributed by atoms with van der Waals surface area (Å²) in [6.45, 7) is 9.26. The number of hydrogen-bond acceptors (Lipinski definition) is 2. The summed E-state index contributed by atoms with van der Waals surface area (Å²) in [6.07, 6.45) is 0. The first-order chi connectivity index (χ1) is 10.1. The van der Waals surface area contributed by atoms with Crippen LogP contribution in [0, 0.1) is 17.8 Å². The van der Waals surface area contributed by atoms with E-state index in [0.717, 1.165) is 0 Å². The van der Waals surface area contributed by atoms with E-state index < -0.39 is 11.4 Å². The molecule has 1 aromatic carbocycles. The molecule has 0 aliphatic rings. The molecule has 0 unspecified atom stereocenters. The molecular formula is C17H21ClN2O2. The summed E-state index contributed by atoms with van der Waals surface area (Å²) in [7, 11) is 0. The lowest BCUT2D eigenvalue weighted by atomic mass is 10.1. The monoisotopic (exact) mass is 320 g/mol. The zero-order valence-electron chi connectivity index (χ0n) is 13.5. The zero-order chi connectivity index (χ0) is 16.9. The smallest absolute Gasteiger partial charge is 0.267 e. The van der Waals surface area contributed by atoms with Crippen molar-refractivity contribution in [1.29, 1.82) is 0 Å². The molecule has 0 heterocycles. The molecule has 0 bridgehead atoms. The van der Waals surface area contributed by atoms with Crippen molar-refractivity contribution >= 4 is 23.4 Å². The quantitative estimate of drug-likeness (QED) is 0.637. The molecule has 2 amide bonds. The van der Waals surface area contributed by atoms with E-state index in [2.05, 4.69) is 17.3 Å². The van der Waals surface area contributed by atoms with Crippen LogP contribution in [0.3, 0.4) is 0 Å². The lowest BCUT2D eigenvalue weighted by Gasteiger charge is -2.33. The van der Waals surface area contributed by atoms with Gasteiger partial charge in [-0.2, -0.15) is 0 Å². The van der Waals surface area contributed by atoms with Gasteiger partial charge < -0.3 is 0 Å². The van der Waals surface area contributed by atoms with Gasteiger partial charge in [0.05, 0.1) is 5.54 Å². The summed E-state index contributed by atoms with van der Waals surface area (Å²) < 4.78 is 0. The van der Waals surface area contributed by atoms with Crippen LogP contribution in [0.5, 0.6) is 0 Å². The van der Waals surface area contributed by atoms with Crippen LogP contribution in [0.4, 0.5) is 0 Å². The van der Waals surface area contributed by atoms with Gasteiger partial charge in [-0.25, -0.2) is 5.01 Å². The molecule has 4 nitrogen and oxygen atoms in total. The molecule has 0 atom stereocenters. The predicted molar refractivity (Wildman–Crippen MR) is 88.1 cm³/mol. The summed E-state index contributed by atoms with van der Waals surface area (Å²) in [6, 6.07) is 6.45. The second-order valence-corrected chi connectivity index (χ2v) is 6.62. The van der Waals surface area contributed by atoms with Crippen molar-refractivity contribution in [3.63, 3.8) is 0 Å². The Labute approximate surface area is 136 Å². The van der Waals surface area contributed by atoms with Gasteiger partial charge in [0.2, 0.25) is 0 Å². The van der Waals surface area contributed by atoms with Gasteiger partial charge in [-0.3, -0.25) is 15.0 Å². The van der Waals surface area contributed by atoms with Crippen molar-refractivity contribution in [2.45, 2.75) is 40.2 Å². The maximum atomic E-state index is 12.3. The number of nitrogens with one attached hydrogen (secondary N) is 1. The standard InChI is InChI=1S/C17H21ClN2O2/c1-12(2)6-11-15(21)20(17(3,4)5)19-16(22)13-7-9-14(18)10-8-13/h7-10,12H,1-5H3,(H,19,22). The third-order valence-electron chi connectivity index (χ3n) is 2.66. The highest BCUT2D eigenvalue weighted by Crippen LogP contribution is 2.13. The Morgan fingerprint density at radius 3 is 2.18 bits per heavy atom.